The molecule has 0 saturated carbocycles. The van der Waals surface area contributed by atoms with E-state index < -0.39 is 0 Å². The summed E-state index contributed by atoms with van der Waals surface area (Å²) in [5.41, 5.74) is 4.15. The standard InChI is InChI=1S/C15H14N2O/c1-10-5-3-4-6-12(10)15-16-13-9-11(18)7-8-14(13)17(15)2/h3-9,18H,1-2H3. The number of rotatable bonds is 1. The molecule has 1 N–H and O–H groups in total. The van der Waals surface area contributed by atoms with E-state index in [4.69, 9.17) is 0 Å². The van der Waals surface area contributed by atoms with Crippen LogP contribution in [0.25, 0.3) is 22.4 Å². The summed E-state index contributed by atoms with van der Waals surface area (Å²) in [5, 5.41) is 9.51. The largest absolute Gasteiger partial charge is 0.508 e. The fourth-order valence-corrected chi connectivity index (χ4v) is 2.25. The lowest BCUT2D eigenvalue weighted by Crippen LogP contribution is -1.93. The van der Waals surface area contributed by atoms with E-state index in [9.17, 15) is 5.11 Å². The summed E-state index contributed by atoms with van der Waals surface area (Å²) in [7, 11) is 1.99. The van der Waals surface area contributed by atoms with Gasteiger partial charge in [-0.15, -0.1) is 0 Å². The van der Waals surface area contributed by atoms with E-state index in [0.29, 0.717) is 0 Å². The summed E-state index contributed by atoms with van der Waals surface area (Å²) in [6.07, 6.45) is 0. The van der Waals surface area contributed by atoms with Crippen molar-refractivity contribution in [3.8, 4) is 17.1 Å². The molecule has 18 heavy (non-hydrogen) atoms. The average Bonchev–Trinajstić information content (AvgIpc) is 2.67. The van der Waals surface area contributed by atoms with E-state index in [-0.39, 0.29) is 5.75 Å². The Morgan fingerprint density at radius 2 is 1.89 bits per heavy atom. The molecule has 0 spiro atoms. The van der Waals surface area contributed by atoms with Crippen molar-refractivity contribution in [2.75, 3.05) is 0 Å². The van der Waals surface area contributed by atoms with Crippen molar-refractivity contribution < 1.29 is 5.11 Å². The second-order valence-corrected chi connectivity index (χ2v) is 4.48. The van der Waals surface area contributed by atoms with Crippen LogP contribution in [-0.2, 0) is 7.05 Å². The Bertz CT molecular complexity index is 728. The Balaban J connectivity index is 2.31. The highest BCUT2D eigenvalue weighted by atomic mass is 16.3. The molecule has 1 aromatic heterocycles. The Morgan fingerprint density at radius 1 is 1.11 bits per heavy atom. The third-order valence-electron chi connectivity index (χ3n) is 3.25. The normalized spacial score (nSPS) is 11.0. The maximum absolute atomic E-state index is 9.51. The fraction of sp³-hybridized carbons (Fsp3) is 0.133. The monoisotopic (exact) mass is 238 g/mol. The number of benzene rings is 2. The van der Waals surface area contributed by atoms with Crippen LogP contribution in [0.2, 0.25) is 0 Å². The van der Waals surface area contributed by atoms with Gasteiger partial charge in [0.1, 0.15) is 11.6 Å². The Hall–Kier alpha value is -2.29. The lowest BCUT2D eigenvalue weighted by Gasteiger charge is -2.05. The number of aromatic hydroxyl groups is 1. The van der Waals surface area contributed by atoms with E-state index in [0.717, 1.165) is 22.4 Å². The number of phenolic OH excluding ortho intramolecular Hbond substituents is 1. The zero-order valence-electron chi connectivity index (χ0n) is 10.4. The van der Waals surface area contributed by atoms with Gasteiger partial charge in [-0.1, -0.05) is 24.3 Å². The molecule has 3 heteroatoms. The minimum Gasteiger partial charge on any atom is -0.508 e. The van der Waals surface area contributed by atoms with E-state index in [2.05, 4.69) is 28.6 Å². The first-order valence-electron chi connectivity index (χ1n) is 5.88. The molecule has 0 radical (unpaired) electrons. The summed E-state index contributed by atoms with van der Waals surface area (Å²) >= 11 is 0. The van der Waals surface area contributed by atoms with Gasteiger partial charge in [-0.05, 0) is 24.6 Å². The zero-order chi connectivity index (χ0) is 12.7. The molecule has 3 nitrogen and oxygen atoms in total. The molecule has 0 aliphatic heterocycles. The summed E-state index contributed by atoms with van der Waals surface area (Å²) in [4.78, 5) is 4.61. The van der Waals surface area contributed by atoms with Crippen LogP contribution in [0.5, 0.6) is 5.75 Å². The van der Waals surface area contributed by atoms with Crippen LogP contribution in [0.15, 0.2) is 42.5 Å². The lowest BCUT2D eigenvalue weighted by atomic mass is 10.1. The molecule has 0 aliphatic carbocycles. The minimum absolute atomic E-state index is 0.247. The minimum atomic E-state index is 0.247. The third-order valence-corrected chi connectivity index (χ3v) is 3.25. The van der Waals surface area contributed by atoms with Gasteiger partial charge in [0.05, 0.1) is 11.0 Å². The van der Waals surface area contributed by atoms with Gasteiger partial charge >= 0.3 is 0 Å². The molecular weight excluding hydrogens is 224 g/mol. The predicted molar refractivity (Wildman–Crippen MR) is 72.6 cm³/mol. The zero-order valence-corrected chi connectivity index (χ0v) is 10.4. The van der Waals surface area contributed by atoms with Crippen LogP contribution in [0, 0.1) is 6.92 Å². The number of fused-ring (bicyclic) bond motifs is 1. The fourth-order valence-electron chi connectivity index (χ4n) is 2.25. The van der Waals surface area contributed by atoms with Gasteiger partial charge in [-0.3, -0.25) is 0 Å². The average molecular weight is 238 g/mol. The number of phenols is 1. The number of hydrogen-bond acceptors (Lipinski definition) is 2. The van der Waals surface area contributed by atoms with Crippen molar-refractivity contribution in [1.29, 1.82) is 0 Å². The first-order valence-corrected chi connectivity index (χ1v) is 5.88. The number of imidazole rings is 1. The molecule has 0 saturated heterocycles. The highest BCUT2D eigenvalue weighted by molar-refractivity contribution is 5.82. The molecule has 2 aromatic carbocycles. The molecule has 0 bridgehead atoms. The number of aromatic nitrogens is 2. The van der Waals surface area contributed by atoms with Crippen LogP contribution in [-0.4, -0.2) is 14.7 Å². The summed E-state index contributed by atoms with van der Waals surface area (Å²) in [5.74, 6) is 1.17. The molecule has 0 aliphatic rings. The number of nitrogens with zero attached hydrogens (tertiary/aromatic N) is 2. The SMILES string of the molecule is Cc1ccccc1-c1nc2cc(O)ccc2n1C. The quantitative estimate of drug-likeness (QED) is 0.706. The second kappa shape index (κ2) is 3.88. The Labute approximate surface area is 105 Å². The van der Waals surface area contributed by atoms with Gasteiger partial charge in [-0.2, -0.15) is 0 Å². The smallest absolute Gasteiger partial charge is 0.141 e. The molecule has 0 amide bonds. The van der Waals surface area contributed by atoms with Crippen molar-refractivity contribution in [3.05, 3.63) is 48.0 Å². The van der Waals surface area contributed by atoms with Crippen LogP contribution >= 0.6 is 0 Å². The molecular formula is C15H14N2O. The van der Waals surface area contributed by atoms with E-state index in [1.54, 1.807) is 12.1 Å². The van der Waals surface area contributed by atoms with E-state index >= 15 is 0 Å². The van der Waals surface area contributed by atoms with E-state index in [1.807, 2.05) is 25.2 Å². The highest BCUT2D eigenvalue weighted by Crippen LogP contribution is 2.27. The van der Waals surface area contributed by atoms with Gasteiger partial charge in [0.25, 0.3) is 0 Å². The van der Waals surface area contributed by atoms with E-state index in [1.165, 1.54) is 5.56 Å². The first-order chi connectivity index (χ1) is 8.66. The van der Waals surface area contributed by atoms with Crippen LogP contribution in [0.3, 0.4) is 0 Å². The third kappa shape index (κ3) is 1.56. The van der Waals surface area contributed by atoms with Crippen molar-refractivity contribution in [1.82, 2.24) is 9.55 Å². The van der Waals surface area contributed by atoms with Gasteiger partial charge in [0.2, 0.25) is 0 Å². The highest BCUT2D eigenvalue weighted by Gasteiger charge is 2.11. The topological polar surface area (TPSA) is 38.1 Å². The second-order valence-electron chi connectivity index (χ2n) is 4.48. The van der Waals surface area contributed by atoms with Gasteiger partial charge in [0, 0.05) is 18.7 Å². The van der Waals surface area contributed by atoms with Crippen molar-refractivity contribution in [2.45, 2.75) is 6.92 Å². The van der Waals surface area contributed by atoms with Crippen LogP contribution in [0.4, 0.5) is 0 Å². The number of aryl methyl sites for hydroxylation is 2. The molecule has 90 valence electrons. The van der Waals surface area contributed by atoms with Crippen LogP contribution < -0.4 is 0 Å². The van der Waals surface area contributed by atoms with Crippen molar-refractivity contribution in [3.63, 3.8) is 0 Å². The summed E-state index contributed by atoms with van der Waals surface area (Å²) in [6.45, 7) is 2.08. The molecule has 0 fully saturated rings. The molecule has 3 rings (SSSR count). The predicted octanol–water partition coefficient (Wildman–Crippen LogP) is 3.25. The van der Waals surface area contributed by atoms with Gasteiger partial charge in [-0.25, -0.2) is 4.98 Å². The van der Waals surface area contributed by atoms with Gasteiger partial charge < -0.3 is 9.67 Å². The molecule has 0 atom stereocenters. The molecule has 1 heterocycles. The lowest BCUT2D eigenvalue weighted by molar-refractivity contribution is 0.476. The Morgan fingerprint density at radius 3 is 2.67 bits per heavy atom. The summed E-state index contributed by atoms with van der Waals surface area (Å²) < 4.78 is 2.05. The molecule has 0 unspecified atom stereocenters. The van der Waals surface area contributed by atoms with Crippen molar-refractivity contribution in [2.24, 2.45) is 7.05 Å². The summed E-state index contributed by atoms with van der Waals surface area (Å²) in [6, 6.07) is 13.4. The maximum Gasteiger partial charge on any atom is 0.141 e. The molecule has 3 aromatic rings. The first kappa shape index (κ1) is 10.8. The Kier molecular flexibility index (Phi) is 2.33. The van der Waals surface area contributed by atoms with Gasteiger partial charge in [0.15, 0.2) is 0 Å². The van der Waals surface area contributed by atoms with Crippen LogP contribution in [0.1, 0.15) is 5.56 Å². The maximum atomic E-state index is 9.51. The van der Waals surface area contributed by atoms with Crippen molar-refractivity contribution >= 4 is 11.0 Å². The number of hydrogen-bond donors (Lipinski definition) is 1.